The lowest BCUT2D eigenvalue weighted by Gasteiger charge is -2.11. The van der Waals surface area contributed by atoms with Crippen molar-refractivity contribution < 1.29 is 4.79 Å². The van der Waals surface area contributed by atoms with Gasteiger partial charge in [-0.25, -0.2) is 0 Å². The summed E-state index contributed by atoms with van der Waals surface area (Å²) >= 11 is 3.48. The molecule has 0 amide bonds. The highest BCUT2D eigenvalue weighted by atomic mass is 79.9. The van der Waals surface area contributed by atoms with Crippen LogP contribution < -0.4 is 0 Å². The fourth-order valence-electron chi connectivity index (χ4n) is 2.79. The lowest BCUT2D eigenvalue weighted by Crippen LogP contribution is -2.04. The number of Topliss-reactive ketones (excluding diaryl/α,β-unsaturated/α-hetero) is 1. The van der Waals surface area contributed by atoms with Crippen LogP contribution >= 0.6 is 15.9 Å². The summed E-state index contributed by atoms with van der Waals surface area (Å²) in [6.45, 7) is 0. The molecule has 2 saturated carbocycles. The van der Waals surface area contributed by atoms with E-state index in [9.17, 15) is 4.79 Å². The Hall–Kier alpha value is -0.630. The van der Waals surface area contributed by atoms with E-state index < -0.39 is 0 Å². The molecule has 2 aliphatic carbocycles. The molecular weight excluding hydrogens is 240 g/mol. The molecule has 2 atom stereocenters. The Kier molecular flexibility index (Phi) is 1.67. The Morgan fingerprint density at radius 3 is 2.86 bits per heavy atom. The minimum absolute atomic E-state index is 0.237. The lowest BCUT2D eigenvalue weighted by atomic mass is 9.93. The number of halogens is 1. The van der Waals surface area contributed by atoms with Crippen molar-refractivity contribution >= 4 is 21.7 Å². The van der Waals surface area contributed by atoms with E-state index in [1.807, 2.05) is 6.07 Å². The second-order valence-corrected chi connectivity index (χ2v) is 5.31. The molecule has 3 rings (SSSR count). The molecule has 1 aromatic carbocycles. The van der Waals surface area contributed by atoms with Crippen LogP contribution in [0.3, 0.4) is 0 Å². The van der Waals surface area contributed by atoms with Gasteiger partial charge in [0.15, 0.2) is 0 Å². The quantitative estimate of drug-likeness (QED) is 0.749. The molecule has 2 fully saturated rings. The Morgan fingerprint density at radius 2 is 2.29 bits per heavy atom. The van der Waals surface area contributed by atoms with Gasteiger partial charge in [-0.05, 0) is 30.5 Å². The van der Waals surface area contributed by atoms with Crippen LogP contribution in [0.2, 0.25) is 0 Å². The van der Waals surface area contributed by atoms with Crippen molar-refractivity contribution in [2.24, 2.45) is 5.92 Å². The first kappa shape index (κ1) is 8.66. The van der Waals surface area contributed by atoms with Crippen molar-refractivity contribution in [3.05, 3.63) is 34.3 Å². The third-order valence-electron chi connectivity index (χ3n) is 3.68. The predicted octanol–water partition coefficient (Wildman–Crippen LogP) is 3.07. The number of fused-ring (bicyclic) bond motifs is 1. The maximum atomic E-state index is 11.5. The molecular formula is C12H11BrO. The zero-order valence-electron chi connectivity index (χ0n) is 7.79. The maximum Gasteiger partial charge on any atom is 0.136 e. The average Bonchev–Trinajstić information content (AvgIpc) is 2.83. The van der Waals surface area contributed by atoms with E-state index in [1.165, 1.54) is 5.56 Å². The van der Waals surface area contributed by atoms with E-state index in [0.29, 0.717) is 11.7 Å². The van der Waals surface area contributed by atoms with Crippen molar-refractivity contribution in [3.8, 4) is 0 Å². The number of rotatable bonds is 1. The second-order valence-electron chi connectivity index (χ2n) is 4.39. The number of carbonyl (C=O) groups is 1. The third-order valence-corrected chi connectivity index (χ3v) is 4.17. The van der Waals surface area contributed by atoms with E-state index in [4.69, 9.17) is 0 Å². The molecule has 0 saturated heterocycles. The van der Waals surface area contributed by atoms with Gasteiger partial charge in [0.1, 0.15) is 5.78 Å². The molecule has 2 aliphatic rings. The lowest BCUT2D eigenvalue weighted by molar-refractivity contribution is -0.119. The molecule has 0 bridgehead atoms. The second kappa shape index (κ2) is 2.69. The molecule has 72 valence electrons. The molecule has 0 radical (unpaired) electrons. The van der Waals surface area contributed by atoms with E-state index in [0.717, 1.165) is 23.7 Å². The van der Waals surface area contributed by atoms with Gasteiger partial charge in [0.2, 0.25) is 0 Å². The summed E-state index contributed by atoms with van der Waals surface area (Å²) < 4.78 is 1.12. The van der Waals surface area contributed by atoms with Gasteiger partial charge in [-0.2, -0.15) is 0 Å². The van der Waals surface area contributed by atoms with Crippen LogP contribution in [0.1, 0.15) is 24.8 Å². The molecule has 2 unspecified atom stereocenters. The van der Waals surface area contributed by atoms with Crippen molar-refractivity contribution in [2.45, 2.75) is 24.7 Å². The molecule has 0 aliphatic heterocycles. The highest BCUT2D eigenvalue weighted by Gasteiger charge is 2.62. The van der Waals surface area contributed by atoms with E-state index in [-0.39, 0.29) is 5.41 Å². The molecule has 0 heterocycles. The number of carbonyl (C=O) groups excluding carboxylic acids is 1. The molecule has 14 heavy (non-hydrogen) atoms. The molecule has 1 aromatic rings. The fraction of sp³-hybridized carbons (Fsp3) is 0.417. The van der Waals surface area contributed by atoms with Gasteiger partial charge >= 0.3 is 0 Å². The Balaban J connectivity index is 2.01. The Labute approximate surface area is 91.6 Å². The molecule has 0 aromatic heterocycles. The van der Waals surface area contributed by atoms with Crippen LogP contribution in [0.15, 0.2) is 28.7 Å². The van der Waals surface area contributed by atoms with Crippen LogP contribution in [0.5, 0.6) is 0 Å². The van der Waals surface area contributed by atoms with Gasteiger partial charge in [-0.3, -0.25) is 4.79 Å². The van der Waals surface area contributed by atoms with Crippen LogP contribution in [-0.2, 0) is 10.2 Å². The van der Waals surface area contributed by atoms with Crippen LogP contribution in [-0.4, -0.2) is 5.78 Å². The molecule has 1 nitrogen and oxygen atoms in total. The zero-order valence-corrected chi connectivity index (χ0v) is 9.38. The van der Waals surface area contributed by atoms with E-state index in [2.05, 4.69) is 34.1 Å². The van der Waals surface area contributed by atoms with Crippen molar-refractivity contribution in [1.82, 2.24) is 0 Å². The molecule has 2 heteroatoms. The summed E-state index contributed by atoms with van der Waals surface area (Å²) in [6, 6.07) is 8.42. The molecule has 0 spiro atoms. The summed E-state index contributed by atoms with van der Waals surface area (Å²) in [5.41, 5.74) is 1.59. The summed E-state index contributed by atoms with van der Waals surface area (Å²) in [5.74, 6) is 0.821. The summed E-state index contributed by atoms with van der Waals surface area (Å²) in [7, 11) is 0. The zero-order chi connectivity index (χ0) is 9.76. The van der Waals surface area contributed by atoms with Gasteiger partial charge in [0.25, 0.3) is 0 Å². The number of benzene rings is 1. The van der Waals surface area contributed by atoms with E-state index >= 15 is 0 Å². The van der Waals surface area contributed by atoms with Crippen LogP contribution in [0, 0.1) is 5.92 Å². The van der Waals surface area contributed by atoms with Gasteiger partial charge in [-0.1, -0.05) is 28.1 Å². The van der Waals surface area contributed by atoms with Crippen molar-refractivity contribution in [3.63, 3.8) is 0 Å². The third kappa shape index (κ3) is 1.04. The normalized spacial score (nSPS) is 34.4. The molecule has 0 N–H and O–H groups in total. The minimum Gasteiger partial charge on any atom is -0.299 e. The average molecular weight is 251 g/mol. The van der Waals surface area contributed by atoms with Gasteiger partial charge in [-0.15, -0.1) is 0 Å². The SMILES string of the molecule is O=C1CCC2(c3cccc(Br)c3)CC12. The number of hydrogen-bond donors (Lipinski definition) is 0. The van der Waals surface area contributed by atoms with Crippen molar-refractivity contribution in [1.29, 1.82) is 0 Å². The highest BCUT2D eigenvalue weighted by molar-refractivity contribution is 9.10. The first-order chi connectivity index (χ1) is 6.72. The topological polar surface area (TPSA) is 17.1 Å². The maximum absolute atomic E-state index is 11.5. The van der Waals surface area contributed by atoms with Crippen LogP contribution in [0.4, 0.5) is 0 Å². The fourth-order valence-corrected chi connectivity index (χ4v) is 3.18. The van der Waals surface area contributed by atoms with Crippen LogP contribution in [0.25, 0.3) is 0 Å². The number of ketones is 1. The Morgan fingerprint density at radius 1 is 1.43 bits per heavy atom. The standard InChI is InChI=1S/C12H11BrO/c13-9-3-1-2-8(6-9)12-5-4-11(14)10(12)7-12/h1-3,6,10H,4-5,7H2. The largest absolute Gasteiger partial charge is 0.299 e. The summed E-state index contributed by atoms with van der Waals surface area (Å²) in [4.78, 5) is 11.5. The summed E-state index contributed by atoms with van der Waals surface area (Å²) in [6.07, 6.45) is 2.94. The highest BCUT2D eigenvalue weighted by Crippen LogP contribution is 2.62. The Bertz CT molecular complexity index is 413. The first-order valence-corrected chi connectivity index (χ1v) is 5.80. The van der Waals surface area contributed by atoms with Gasteiger partial charge in [0, 0.05) is 22.2 Å². The minimum atomic E-state index is 0.237. The monoisotopic (exact) mass is 250 g/mol. The predicted molar refractivity (Wildman–Crippen MR) is 58.2 cm³/mol. The first-order valence-electron chi connectivity index (χ1n) is 5.01. The number of hydrogen-bond acceptors (Lipinski definition) is 1. The van der Waals surface area contributed by atoms with Gasteiger partial charge in [0.05, 0.1) is 0 Å². The smallest absolute Gasteiger partial charge is 0.136 e. The van der Waals surface area contributed by atoms with Crippen molar-refractivity contribution in [2.75, 3.05) is 0 Å². The van der Waals surface area contributed by atoms with E-state index in [1.54, 1.807) is 0 Å². The summed E-state index contributed by atoms with van der Waals surface area (Å²) in [5, 5.41) is 0. The van der Waals surface area contributed by atoms with Gasteiger partial charge < -0.3 is 0 Å².